The van der Waals surface area contributed by atoms with Crippen molar-refractivity contribution in [2.24, 2.45) is 7.05 Å². The predicted molar refractivity (Wildman–Crippen MR) is 149 cm³/mol. The standard InChI is InChI=1S/C29H31F3N8O/c1-5-38-14-24-12-23(38)15-39(24)22-10-20(29(30,31)32)9-21(11-22)34-28(41)19-7-6-17(2)27(8-19)40-16-26(35-36-40)25-13-33-37(4)18(25)3/h6-11,13,16,23-24H,5,12,14-15H2,1-4H3,(H,34,41). The van der Waals surface area contributed by atoms with Crippen molar-refractivity contribution in [2.75, 3.05) is 29.9 Å². The summed E-state index contributed by atoms with van der Waals surface area (Å²) < 4.78 is 45.0. The van der Waals surface area contributed by atoms with Gasteiger partial charge in [-0.3, -0.25) is 14.4 Å². The van der Waals surface area contributed by atoms with Crippen molar-refractivity contribution in [1.29, 1.82) is 0 Å². The molecule has 4 heterocycles. The summed E-state index contributed by atoms with van der Waals surface area (Å²) in [5.41, 5.74) is 3.99. The maximum atomic E-state index is 13.9. The van der Waals surface area contributed by atoms with Crippen LogP contribution in [0, 0.1) is 13.8 Å². The SMILES string of the molecule is CCN1CC2CC1CN2c1cc(NC(=O)c2ccc(C)c(-n3cc(-c4cnn(C)c4C)nn3)c2)cc(C(F)(F)F)c1. The minimum atomic E-state index is -4.54. The molecule has 2 saturated heterocycles. The molecule has 2 atom stereocenters. The quantitative estimate of drug-likeness (QED) is 0.361. The number of carbonyl (C=O) groups is 1. The van der Waals surface area contributed by atoms with E-state index in [9.17, 15) is 18.0 Å². The molecule has 41 heavy (non-hydrogen) atoms. The van der Waals surface area contributed by atoms with Crippen molar-refractivity contribution in [1.82, 2.24) is 29.7 Å². The number of fused-ring (bicyclic) bond motifs is 2. The molecule has 2 aromatic heterocycles. The summed E-state index contributed by atoms with van der Waals surface area (Å²) in [4.78, 5) is 17.7. The van der Waals surface area contributed by atoms with Gasteiger partial charge in [-0.15, -0.1) is 5.10 Å². The van der Waals surface area contributed by atoms with Gasteiger partial charge >= 0.3 is 6.18 Å². The number of likely N-dealkylation sites (N-methyl/N-ethyl adjacent to an activating group) is 1. The number of nitrogens with zero attached hydrogens (tertiary/aromatic N) is 7. The van der Waals surface area contributed by atoms with Crippen LogP contribution in [0.1, 0.15) is 40.5 Å². The minimum Gasteiger partial charge on any atom is -0.366 e. The van der Waals surface area contributed by atoms with E-state index in [0.717, 1.165) is 42.4 Å². The van der Waals surface area contributed by atoms with Crippen LogP contribution in [0.3, 0.4) is 0 Å². The molecular formula is C29H31F3N8O. The van der Waals surface area contributed by atoms with Crippen molar-refractivity contribution < 1.29 is 18.0 Å². The van der Waals surface area contributed by atoms with Crippen LogP contribution in [-0.4, -0.2) is 67.3 Å². The van der Waals surface area contributed by atoms with Gasteiger partial charge in [0, 0.05) is 60.4 Å². The summed E-state index contributed by atoms with van der Waals surface area (Å²) in [5, 5.41) is 15.5. The van der Waals surface area contributed by atoms with E-state index >= 15 is 0 Å². The van der Waals surface area contributed by atoms with E-state index < -0.39 is 17.6 Å². The third-order valence-corrected chi connectivity index (χ3v) is 8.32. The number of likely N-dealkylation sites (tertiary alicyclic amines) is 1. The van der Waals surface area contributed by atoms with E-state index in [1.807, 2.05) is 25.8 Å². The Balaban J connectivity index is 1.27. The first kappa shape index (κ1) is 27.0. The first-order valence-corrected chi connectivity index (χ1v) is 13.6. The van der Waals surface area contributed by atoms with Gasteiger partial charge in [0.05, 0.1) is 23.6 Å². The summed E-state index contributed by atoms with van der Waals surface area (Å²) in [6.45, 7) is 8.35. The highest BCUT2D eigenvalue weighted by Gasteiger charge is 2.43. The Kier molecular flexibility index (Phi) is 6.60. The average molecular weight is 565 g/mol. The average Bonchev–Trinajstić information content (AvgIpc) is 3.73. The van der Waals surface area contributed by atoms with Crippen LogP contribution in [-0.2, 0) is 13.2 Å². The summed E-state index contributed by atoms with van der Waals surface area (Å²) in [6.07, 6.45) is -0.131. The maximum absolute atomic E-state index is 13.9. The Hall–Kier alpha value is -4.19. The van der Waals surface area contributed by atoms with Gasteiger partial charge in [0.2, 0.25) is 0 Å². The van der Waals surface area contributed by atoms with Gasteiger partial charge in [-0.05, 0) is 62.7 Å². The van der Waals surface area contributed by atoms with E-state index in [-0.39, 0.29) is 17.3 Å². The van der Waals surface area contributed by atoms with Crippen LogP contribution in [0.5, 0.6) is 0 Å². The lowest BCUT2D eigenvalue weighted by atomic mass is 10.1. The monoisotopic (exact) mass is 564 g/mol. The van der Waals surface area contributed by atoms with Crippen LogP contribution < -0.4 is 10.2 Å². The van der Waals surface area contributed by atoms with Crippen molar-refractivity contribution in [3.8, 4) is 16.9 Å². The fourth-order valence-corrected chi connectivity index (χ4v) is 5.92. The fraction of sp³-hybridized carbons (Fsp3) is 0.379. The van der Waals surface area contributed by atoms with Crippen LogP contribution in [0.15, 0.2) is 48.8 Å². The number of carbonyl (C=O) groups excluding carboxylic acids is 1. The molecule has 1 N–H and O–H groups in total. The third-order valence-electron chi connectivity index (χ3n) is 8.32. The number of rotatable bonds is 6. The second-order valence-electron chi connectivity index (χ2n) is 10.8. The molecule has 0 aliphatic carbocycles. The molecule has 2 aliphatic heterocycles. The van der Waals surface area contributed by atoms with Crippen molar-refractivity contribution in [2.45, 2.75) is 45.5 Å². The largest absolute Gasteiger partial charge is 0.416 e. The summed E-state index contributed by atoms with van der Waals surface area (Å²) >= 11 is 0. The number of halogens is 3. The second kappa shape index (κ2) is 10.0. The summed E-state index contributed by atoms with van der Waals surface area (Å²) in [6, 6.07) is 9.39. The van der Waals surface area contributed by atoms with Gasteiger partial charge in [0.15, 0.2) is 0 Å². The highest BCUT2D eigenvalue weighted by molar-refractivity contribution is 6.05. The van der Waals surface area contributed by atoms with Gasteiger partial charge in [-0.1, -0.05) is 18.2 Å². The second-order valence-corrected chi connectivity index (χ2v) is 10.8. The Labute approximate surface area is 235 Å². The molecular weight excluding hydrogens is 533 g/mol. The molecule has 0 radical (unpaired) electrons. The summed E-state index contributed by atoms with van der Waals surface area (Å²) in [5.74, 6) is -0.514. The molecule has 2 aromatic carbocycles. The van der Waals surface area contributed by atoms with Gasteiger partial charge in [-0.2, -0.15) is 18.3 Å². The number of piperazine rings is 1. The minimum absolute atomic E-state index is 0.104. The van der Waals surface area contributed by atoms with Crippen molar-refractivity contribution in [3.63, 3.8) is 0 Å². The van der Waals surface area contributed by atoms with Crippen LogP contribution in [0.4, 0.5) is 24.5 Å². The first-order valence-electron chi connectivity index (χ1n) is 13.6. The van der Waals surface area contributed by atoms with Crippen molar-refractivity contribution >= 4 is 17.3 Å². The molecule has 12 heteroatoms. The first-order chi connectivity index (χ1) is 19.5. The zero-order valence-electron chi connectivity index (χ0n) is 23.3. The number of aryl methyl sites for hydroxylation is 2. The highest BCUT2D eigenvalue weighted by atomic mass is 19.4. The van der Waals surface area contributed by atoms with Crippen LogP contribution in [0.2, 0.25) is 0 Å². The van der Waals surface area contributed by atoms with Crippen molar-refractivity contribution in [3.05, 3.63) is 71.2 Å². The van der Waals surface area contributed by atoms with E-state index in [0.29, 0.717) is 29.7 Å². The lowest BCUT2D eigenvalue weighted by Crippen LogP contribution is -2.46. The Bertz CT molecular complexity index is 1620. The number of aromatic nitrogens is 5. The molecule has 214 valence electrons. The number of benzene rings is 2. The predicted octanol–water partition coefficient (Wildman–Crippen LogP) is 4.84. The molecule has 2 aliphatic rings. The van der Waals surface area contributed by atoms with E-state index in [2.05, 4.69) is 32.6 Å². The fourth-order valence-electron chi connectivity index (χ4n) is 5.92. The zero-order chi connectivity index (χ0) is 29.1. The van der Waals surface area contributed by atoms with Gasteiger partial charge < -0.3 is 10.2 Å². The van der Waals surface area contributed by atoms with Crippen LogP contribution >= 0.6 is 0 Å². The lowest BCUT2D eigenvalue weighted by Gasteiger charge is -2.35. The van der Waals surface area contributed by atoms with Gasteiger partial charge in [0.1, 0.15) is 5.69 Å². The molecule has 4 aromatic rings. The van der Waals surface area contributed by atoms with Gasteiger partial charge in [0.25, 0.3) is 5.91 Å². The highest BCUT2D eigenvalue weighted by Crippen LogP contribution is 2.39. The zero-order valence-corrected chi connectivity index (χ0v) is 23.3. The number of nitrogens with one attached hydrogen (secondary N) is 1. The number of hydrogen-bond donors (Lipinski definition) is 1. The topological polar surface area (TPSA) is 84.1 Å². The van der Waals surface area contributed by atoms with E-state index in [1.54, 1.807) is 46.0 Å². The molecule has 2 unspecified atom stereocenters. The normalized spacial score (nSPS) is 18.9. The van der Waals surface area contributed by atoms with E-state index in [4.69, 9.17) is 0 Å². The molecule has 2 bridgehead atoms. The number of anilines is 2. The van der Waals surface area contributed by atoms with Gasteiger partial charge in [-0.25, -0.2) is 4.68 Å². The summed E-state index contributed by atoms with van der Waals surface area (Å²) in [7, 11) is 1.85. The lowest BCUT2D eigenvalue weighted by molar-refractivity contribution is -0.137. The Morgan fingerprint density at radius 3 is 2.56 bits per heavy atom. The number of alkyl halides is 3. The van der Waals surface area contributed by atoms with E-state index in [1.165, 1.54) is 6.07 Å². The molecule has 1 amide bonds. The Morgan fingerprint density at radius 2 is 1.90 bits per heavy atom. The Morgan fingerprint density at radius 1 is 1.10 bits per heavy atom. The smallest absolute Gasteiger partial charge is 0.366 e. The molecule has 0 saturated carbocycles. The molecule has 0 spiro atoms. The molecule has 9 nitrogen and oxygen atoms in total. The van der Waals surface area contributed by atoms with Crippen LogP contribution in [0.25, 0.3) is 16.9 Å². The third kappa shape index (κ3) is 4.96. The molecule has 2 fully saturated rings. The number of hydrogen-bond acceptors (Lipinski definition) is 6. The maximum Gasteiger partial charge on any atom is 0.416 e. The number of amides is 1. The molecule has 6 rings (SSSR count).